The molecule has 1 atom stereocenters. The van der Waals surface area contributed by atoms with Crippen LogP contribution < -0.4 is 15.4 Å². The van der Waals surface area contributed by atoms with Crippen LogP contribution in [0.25, 0.3) is 0 Å². The van der Waals surface area contributed by atoms with E-state index in [9.17, 15) is 14.4 Å². The van der Waals surface area contributed by atoms with Crippen molar-refractivity contribution in [2.45, 2.75) is 85.3 Å². The largest absolute Gasteiger partial charge is 0.497 e. The minimum atomic E-state index is -0.883. The lowest BCUT2D eigenvalue weighted by Crippen LogP contribution is -2.47. The Morgan fingerprint density at radius 2 is 1.62 bits per heavy atom. The monoisotopic (exact) mass is 539 g/mol. The first-order valence-corrected chi connectivity index (χ1v) is 13.7. The number of hydrogen-bond donors (Lipinski definition) is 2. The fourth-order valence-electron chi connectivity index (χ4n) is 4.25. The van der Waals surface area contributed by atoms with E-state index in [2.05, 4.69) is 17.6 Å². The predicted octanol–water partition coefficient (Wildman–Crippen LogP) is 6.32. The number of nitrogens with zero attached hydrogens (tertiary/aromatic N) is 1. The molecule has 8 heteroatoms. The second-order valence-corrected chi connectivity index (χ2v) is 10.8. The summed E-state index contributed by atoms with van der Waals surface area (Å²) in [5.41, 5.74) is 2.62. The molecule has 39 heavy (non-hydrogen) atoms. The van der Waals surface area contributed by atoms with Crippen molar-refractivity contribution >= 4 is 23.6 Å². The zero-order valence-electron chi connectivity index (χ0n) is 24.6. The van der Waals surface area contributed by atoms with Crippen LogP contribution >= 0.6 is 0 Å². The minimum Gasteiger partial charge on any atom is -0.497 e. The Kier molecular flexibility index (Phi) is 12.3. The Morgan fingerprint density at radius 1 is 0.949 bits per heavy atom. The highest BCUT2D eigenvalue weighted by Crippen LogP contribution is 2.29. The topological polar surface area (TPSA) is 97.0 Å². The second-order valence-electron chi connectivity index (χ2n) is 10.8. The maximum Gasteiger partial charge on any atom is 0.408 e. The zero-order valence-corrected chi connectivity index (χ0v) is 24.6. The Labute approximate surface area is 233 Å². The molecule has 0 aliphatic heterocycles. The third kappa shape index (κ3) is 10.3. The first-order chi connectivity index (χ1) is 18.5. The standard InChI is InChI=1S/C31H45N3O5/c1-8-9-10-11-12-20-34(27(35)21-32-30(37)39-31(4,5)6)28(26-15-13-14-22(2)23(26)3)29(36)33-24-16-18-25(38-7)19-17-24/h13-19,28H,8-12,20-21H2,1-7H3,(H,32,37)(H,33,36). The number of rotatable bonds is 13. The molecule has 2 aromatic rings. The quantitative estimate of drug-likeness (QED) is 0.291. The number of methoxy groups -OCH3 is 1. The maximum atomic E-state index is 13.9. The number of anilines is 1. The molecule has 1 unspecified atom stereocenters. The van der Waals surface area contributed by atoms with Gasteiger partial charge in [0.05, 0.1) is 7.11 Å². The molecule has 0 radical (unpaired) electrons. The highest BCUT2D eigenvalue weighted by atomic mass is 16.6. The van der Waals surface area contributed by atoms with Crippen molar-refractivity contribution in [2.24, 2.45) is 0 Å². The number of amides is 3. The van der Waals surface area contributed by atoms with Crippen molar-refractivity contribution in [3.05, 3.63) is 59.2 Å². The third-order valence-corrected chi connectivity index (χ3v) is 6.46. The summed E-state index contributed by atoms with van der Waals surface area (Å²) >= 11 is 0. The van der Waals surface area contributed by atoms with Gasteiger partial charge in [0.2, 0.25) is 5.91 Å². The van der Waals surface area contributed by atoms with E-state index in [-0.39, 0.29) is 18.4 Å². The molecule has 3 amide bonds. The lowest BCUT2D eigenvalue weighted by molar-refractivity contribution is -0.138. The Hall–Kier alpha value is -3.55. The van der Waals surface area contributed by atoms with Crippen LogP contribution in [0.15, 0.2) is 42.5 Å². The van der Waals surface area contributed by atoms with Crippen LogP contribution in [-0.2, 0) is 14.3 Å². The third-order valence-electron chi connectivity index (χ3n) is 6.46. The highest BCUT2D eigenvalue weighted by molar-refractivity contribution is 5.98. The van der Waals surface area contributed by atoms with Crippen molar-refractivity contribution in [3.8, 4) is 5.75 Å². The molecule has 0 fully saturated rings. The molecule has 0 aromatic heterocycles. The van der Waals surface area contributed by atoms with Gasteiger partial charge in [0.25, 0.3) is 5.91 Å². The van der Waals surface area contributed by atoms with Gasteiger partial charge >= 0.3 is 6.09 Å². The molecule has 2 aromatic carbocycles. The highest BCUT2D eigenvalue weighted by Gasteiger charge is 2.33. The number of aryl methyl sites for hydroxylation is 1. The smallest absolute Gasteiger partial charge is 0.408 e. The molecular weight excluding hydrogens is 494 g/mol. The molecule has 0 aliphatic rings. The van der Waals surface area contributed by atoms with Gasteiger partial charge in [-0.05, 0) is 82.0 Å². The summed E-state index contributed by atoms with van der Waals surface area (Å²) in [6.45, 7) is 11.5. The average Bonchev–Trinajstić information content (AvgIpc) is 2.88. The molecule has 214 valence electrons. The Bertz CT molecular complexity index is 1090. The van der Waals surface area contributed by atoms with E-state index in [1.54, 1.807) is 57.0 Å². The van der Waals surface area contributed by atoms with Crippen LogP contribution in [0.4, 0.5) is 10.5 Å². The summed E-state index contributed by atoms with van der Waals surface area (Å²) in [6.07, 6.45) is 4.29. The first-order valence-electron chi connectivity index (χ1n) is 13.7. The van der Waals surface area contributed by atoms with Gasteiger partial charge in [-0.25, -0.2) is 4.79 Å². The van der Waals surface area contributed by atoms with E-state index in [1.165, 1.54) is 0 Å². The van der Waals surface area contributed by atoms with Crippen molar-refractivity contribution in [2.75, 3.05) is 25.5 Å². The van der Waals surface area contributed by atoms with Gasteiger partial charge in [0.15, 0.2) is 0 Å². The summed E-state index contributed by atoms with van der Waals surface area (Å²) in [7, 11) is 1.58. The number of nitrogens with one attached hydrogen (secondary N) is 2. The number of unbranched alkanes of at least 4 members (excludes halogenated alkanes) is 4. The normalized spacial score (nSPS) is 11.9. The number of alkyl carbamates (subject to hydrolysis) is 1. The molecule has 2 N–H and O–H groups in total. The van der Waals surface area contributed by atoms with Crippen LogP contribution in [0.1, 0.15) is 82.5 Å². The fourth-order valence-corrected chi connectivity index (χ4v) is 4.25. The van der Waals surface area contributed by atoms with Crippen molar-refractivity contribution in [3.63, 3.8) is 0 Å². The lowest BCUT2D eigenvalue weighted by Gasteiger charge is -2.33. The van der Waals surface area contributed by atoms with Crippen LogP contribution in [0.5, 0.6) is 5.75 Å². The van der Waals surface area contributed by atoms with E-state index in [0.717, 1.165) is 48.8 Å². The maximum absolute atomic E-state index is 13.9. The number of carbonyl (C=O) groups excluding carboxylic acids is 3. The van der Waals surface area contributed by atoms with Gasteiger partial charge in [0.1, 0.15) is 23.9 Å². The Morgan fingerprint density at radius 3 is 2.23 bits per heavy atom. The van der Waals surface area contributed by atoms with Crippen LogP contribution in [0.3, 0.4) is 0 Å². The summed E-state index contributed by atoms with van der Waals surface area (Å²) in [5, 5.41) is 5.55. The van der Waals surface area contributed by atoms with E-state index >= 15 is 0 Å². The van der Waals surface area contributed by atoms with Crippen LogP contribution in [0, 0.1) is 13.8 Å². The SMILES string of the molecule is CCCCCCCN(C(=O)CNC(=O)OC(C)(C)C)C(C(=O)Nc1ccc(OC)cc1)c1cccc(C)c1C. The molecule has 0 bridgehead atoms. The summed E-state index contributed by atoms with van der Waals surface area (Å²) < 4.78 is 10.5. The number of benzene rings is 2. The van der Waals surface area contributed by atoms with Gasteiger partial charge in [-0.15, -0.1) is 0 Å². The van der Waals surface area contributed by atoms with Crippen molar-refractivity contribution < 1.29 is 23.9 Å². The molecule has 2 rings (SSSR count). The Balaban J connectivity index is 2.40. The van der Waals surface area contributed by atoms with Gasteiger partial charge in [-0.2, -0.15) is 0 Å². The van der Waals surface area contributed by atoms with Gasteiger partial charge in [-0.1, -0.05) is 50.8 Å². The molecule has 0 saturated carbocycles. The van der Waals surface area contributed by atoms with E-state index in [1.807, 2.05) is 32.0 Å². The second kappa shape index (κ2) is 15.1. The van der Waals surface area contributed by atoms with Crippen molar-refractivity contribution in [1.82, 2.24) is 10.2 Å². The van der Waals surface area contributed by atoms with E-state index in [0.29, 0.717) is 18.0 Å². The summed E-state index contributed by atoms with van der Waals surface area (Å²) in [4.78, 5) is 41.4. The number of carbonyl (C=O) groups is 3. The van der Waals surface area contributed by atoms with Crippen LogP contribution in [-0.4, -0.2) is 48.6 Å². The summed E-state index contributed by atoms with van der Waals surface area (Å²) in [5.74, 6) is -0.00337. The molecule has 0 heterocycles. The summed E-state index contributed by atoms with van der Waals surface area (Å²) in [6, 6.07) is 11.9. The molecule has 0 spiro atoms. The van der Waals surface area contributed by atoms with Gasteiger partial charge in [-0.3, -0.25) is 9.59 Å². The molecule has 0 aliphatic carbocycles. The van der Waals surface area contributed by atoms with E-state index in [4.69, 9.17) is 9.47 Å². The fraction of sp³-hybridized carbons (Fsp3) is 0.516. The number of hydrogen-bond acceptors (Lipinski definition) is 5. The first kappa shape index (κ1) is 31.7. The lowest BCUT2D eigenvalue weighted by atomic mass is 9.95. The molecular formula is C31H45N3O5. The van der Waals surface area contributed by atoms with E-state index < -0.39 is 17.7 Å². The molecule has 8 nitrogen and oxygen atoms in total. The van der Waals surface area contributed by atoms with Gasteiger partial charge < -0.3 is 25.0 Å². The van der Waals surface area contributed by atoms with Crippen molar-refractivity contribution in [1.29, 1.82) is 0 Å². The van der Waals surface area contributed by atoms with Crippen LogP contribution in [0.2, 0.25) is 0 Å². The zero-order chi connectivity index (χ0) is 29.0. The average molecular weight is 540 g/mol. The molecule has 0 saturated heterocycles. The minimum absolute atomic E-state index is 0.277. The van der Waals surface area contributed by atoms with Gasteiger partial charge in [0, 0.05) is 12.2 Å². The predicted molar refractivity (Wildman–Crippen MR) is 155 cm³/mol. The number of ether oxygens (including phenoxy) is 2.